The van der Waals surface area contributed by atoms with Gasteiger partial charge in [-0.2, -0.15) is 0 Å². The maximum absolute atomic E-state index is 8.96. The Morgan fingerprint density at radius 3 is 2.65 bits per heavy atom. The molecule has 1 aromatic rings. The van der Waals surface area contributed by atoms with E-state index in [4.69, 9.17) is 16.0 Å². The van der Waals surface area contributed by atoms with Crippen LogP contribution in [0.4, 0.5) is 5.82 Å². The summed E-state index contributed by atoms with van der Waals surface area (Å²) >= 11 is 0. The van der Waals surface area contributed by atoms with Gasteiger partial charge in [-0.25, -0.2) is 4.98 Å². The molecule has 4 N–H and O–H groups in total. The van der Waals surface area contributed by atoms with Crippen molar-refractivity contribution in [3.63, 3.8) is 0 Å². The molecule has 1 fully saturated rings. The Labute approximate surface area is 118 Å². The van der Waals surface area contributed by atoms with Crippen LogP contribution < -0.4 is 10.6 Å². The Bertz CT molecular complexity index is 484. The van der Waals surface area contributed by atoms with Crippen molar-refractivity contribution < 1.29 is 10.3 Å². The lowest BCUT2D eigenvalue weighted by atomic mass is 10.2. The molecule has 2 rings (SSSR count). The van der Waals surface area contributed by atoms with Crippen LogP contribution in [0.5, 0.6) is 0 Å². The summed E-state index contributed by atoms with van der Waals surface area (Å²) in [6.45, 7) is 6.14. The highest BCUT2D eigenvalue weighted by atomic mass is 16.4. The third-order valence-corrected chi connectivity index (χ3v) is 3.49. The number of hydrogen-bond acceptors (Lipinski definition) is 6. The predicted molar refractivity (Wildman–Crippen MR) is 77.2 cm³/mol. The van der Waals surface area contributed by atoms with E-state index >= 15 is 0 Å². The van der Waals surface area contributed by atoms with Gasteiger partial charge in [0.15, 0.2) is 5.84 Å². The van der Waals surface area contributed by atoms with Gasteiger partial charge in [-0.15, -0.1) is 0 Å². The summed E-state index contributed by atoms with van der Waals surface area (Å²) in [4.78, 5) is 8.86. The SMILES string of the molecule is Cc1ccc(C(N)=NO)c(N2CCN(CCO)CC2)n1. The Hall–Kier alpha value is -1.86. The summed E-state index contributed by atoms with van der Waals surface area (Å²) in [5, 5.41) is 20.9. The van der Waals surface area contributed by atoms with Gasteiger partial charge in [0, 0.05) is 38.4 Å². The van der Waals surface area contributed by atoms with E-state index in [1.807, 2.05) is 19.1 Å². The summed E-state index contributed by atoms with van der Waals surface area (Å²) < 4.78 is 0. The molecule has 0 saturated carbocycles. The normalized spacial score (nSPS) is 17.5. The number of anilines is 1. The molecular weight excluding hydrogens is 258 g/mol. The molecule has 0 radical (unpaired) electrons. The van der Waals surface area contributed by atoms with Crippen LogP contribution in [0, 0.1) is 6.92 Å². The first kappa shape index (κ1) is 14.5. The Kier molecular flexibility index (Phi) is 4.75. The van der Waals surface area contributed by atoms with Crippen LogP contribution in [0.3, 0.4) is 0 Å². The number of aromatic nitrogens is 1. The molecule has 0 aliphatic carbocycles. The number of aryl methyl sites for hydroxylation is 1. The molecule has 0 aromatic carbocycles. The maximum Gasteiger partial charge on any atom is 0.173 e. The average Bonchev–Trinajstić information content (AvgIpc) is 2.47. The van der Waals surface area contributed by atoms with E-state index in [2.05, 4.69) is 19.9 Å². The lowest BCUT2D eigenvalue weighted by Gasteiger charge is -2.35. The van der Waals surface area contributed by atoms with Gasteiger partial charge in [-0.05, 0) is 19.1 Å². The van der Waals surface area contributed by atoms with Gasteiger partial charge in [0.2, 0.25) is 0 Å². The summed E-state index contributed by atoms with van der Waals surface area (Å²) in [7, 11) is 0. The first-order valence-electron chi connectivity index (χ1n) is 6.69. The van der Waals surface area contributed by atoms with Gasteiger partial charge < -0.3 is 20.9 Å². The van der Waals surface area contributed by atoms with Crippen LogP contribution in [0.15, 0.2) is 17.3 Å². The fourth-order valence-electron chi connectivity index (χ4n) is 2.36. The molecular formula is C13H21N5O2. The molecule has 2 heterocycles. The van der Waals surface area contributed by atoms with Crippen molar-refractivity contribution in [3.05, 3.63) is 23.4 Å². The molecule has 7 nitrogen and oxygen atoms in total. The van der Waals surface area contributed by atoms with E-state index in [0.717, 1.165) is 37.7 Å². The molecule has 0 amide bonds. The number of β-amino-alcohol motifs (C(OH)–C–C–N with tert-alkyl or cyclic N) is 1. The molecule has 1 aliphatic rings. The van der Waals surface area contributed by atoms with E-state index in [9.17, 15) is 0 Å². The fraction of sp³-hybridized carbons (Fsp3) is 0.538. The second-order valence-electron chi connectivity index (χ2n) is 4.86. The third kappa shape index (κ3) is 3.17. The zero-order valence-corrected chi connectivity index (χ0v) is 11.7. The number of amidine groups is 1. The highest BCUT2D eigenvalue weighted by molar-refractivity contribution is 6.01. The first-order valence-corrected chi connectivity index (χ1v) is 6.69. The molecule has 0 atom stereocenters. The van der Waals surface area contributed by atoms with Crippen molar-refractivity contribution in [1.82, 2.24) is 9.88 Å². The van der Waals surface area contributed by atoms with Crippen LogP contribution >= 0.6 is 0 Å². The van der Waals surface area contributed by atoms with Gasteiger partial charge in [0.25, 0.3) is 0 Å². The monoisotopic (exact) mass is 279 g/mol. The molecule has 0 unspecified atom stereocenters. The van der Waals surface area contributed by atoms with E-state index < -0.39 is 0 Å². The minimum absolute atomic E-state index is 0.0743. The zero-order chi connectivity index (χ0) is 14.5. The van der Waals surface area contributed by atoms with Crippen LogP contribution in [-0.2, 0) is 0 Å². The van der Waals surface area contributed by atoms with Gasteiger partial charge >= 0.3 is 0 Å². The Morgan fingerprint density at radius 1 is 1.35 bits per heavy atom. The molecule has 7 heteroatoms. The smallest absolute Gasteiger partial charge is 0.173 e. The standard InChI is InChI=1S/C13H21N5O2/c1-10-2-3-11(12(14)16-20)13(15-10)18-6-4-17(5-7-18)8-9-19/h2-3,19-20H,4-9H2,1H3,(H2,14,16). The lowest BCUT2D eigenvalue weighted by Crippen LogP contribution is -2.48. The summed E-state index contributed by atoms with van der Waals surface area (Å²) in [6.07, 6.45) is 0. The number of piperazine rings is 1. The highest BCUT2D eigenvalue weighted by Gasteiger charge is 2.21. The molecule has 1 aromatic heterocycles. The van der Waals surface area contributed by atoms with Crippen molar-refractivity contribution in [2.45, 2.75) is 6.92 Å². The largest absolute Gasteiger partial charge is 0.409 e. The average molecular weight is 279 g/mol. The lowest BCUT2D eigenvalue weighted by molar-refractivity contribution is 0.188. The zero-order valence-electron chi connectivity index (χ0n) is 11.7. The topological polar surface area (TPSA) is 98.2 Å². The highest BCUT2D eigenvalue weighted by Crippen LogP contribution is 2.20. The molecule has 1 aliphatic heterocycles. The summed E-state index contributed by atoms with van der Waals surface area (Å²) in [6, 6.07) is 3.67. The number of nitrogens with two attached hydrogens (primary N) is 1. The second kappa shape index (κ2) is 6.53. The number of aliphatic hydroxyl groups excluding tert-OH is 1. The van der Waals surface area contributed by atoms with E-state index in [-0.39, 0.29) is 12.4 Å². The van der Waals surface area contributed by atoms with Gasteiger partial charge in [0.1, 0.15) is 5.82 Å². The second-order valence-corrected chi connectivity index (χ2v) is 4.86. The number of oxime groups is 1. The molecule has 110 valence electrons. The summed E-state index contributed by atoms with van der Waals surface area (Å²) in [5.74, 6) is 0.828. The van der Waals surface area contributed by atoms with Crippen molar-refractivity contribution in [2.24, 2.45) is 10.9 Å². The van der Waals surface area contributed by atoms with Crippen molar-refractivity contribution in [3.8, 4) is 0 Å². The molecule has 1 saturated heterocycles. The van der Waals surface area contributed by atoms with Crippen molar-refractivity contribution >= 4 is 11.7 Å². The van der Waals surface area contributed by atoms with Crippen LogP contribution in [0.2, 0.25) is 0 Å². The molecule has 20 heavy (non-hydrogen) atoms. The Morgan fingerprint density at radius 2 is 2.05 bits per heavy atom. The quantitative estimate of drug-likeness (QED) is 0.300. The number of hydrogen-bond donors (Lipinski definition) is 3. The Balaban J connectivity index is 2.18. The van der Waals surface area contributed by atoms with Crippen molar-refractivity contribution in [1.29, 1.82) is 0 Å². The van der Waals surface area contributed by atoms with E-state index in [1.54, 1.807) is 0 Å². The van der Waals surface area contributed by atoms with Gasteiger partial charge in [-0.3, -0.25) is 4.90 Å². The maximum atomic E-state index is 8.96. The van der Waals surface area contributed by atoms with Crippen LogP contribution in [0.1, 0.15) is 11.3 Å². The molecule has 0 spiro atoms. The van der Waals surface area contributed by atoms with Crippen LogP contribution in [-0.4, -0.2) is 65.4 Å². The minimum atomic E-state index is 0.0743. The molecule has 0 bridgehead atoms. The summed E-state index contributed by atoms with van der Waals surface area (Å²) in [5.41, 5.74) is 7.26. The number of pyridine rings is 1. The predicted octanol–water partition coefficient (Wildman–Crippen LogP) is -0.401. The van der Waals surface area contributed by atoms with Crippen LogP contribution in [0.25, 0.3) is 0 Å². The van der Waals surface area contributed by atoms with E-state index in [0.29, 0.717) is 12.1 Å². The number of aliphatic hydroxyl groups is 1. The van der Waals surface area contributed by atoms with Gasteiger partial charge in [0.05, 0.1) is 12.2 Å². The first-order chi connectivity index (χ1) is 9.65. The van der Waals surface area contributed by atoms with Gasteiger partial charge in [-0.1, -0.05) is 5.16 Å². The number of rotatable bonds is 4. The third-order valence-electron chi connectivity index (χ3n) is 3.49. The minimum Gasteiger partial charge on any atom is -0.409 e. The van der Waals surface area contributed by atoms with Crippen molar-refractivity contribution in [2.75, 3.05) is 44.2 Å². The van der Waals surface area contributed by atoms with E-state index in [1.165, 1.54) is 0 Å². The fourth-order valence-corrected chi connectivity index (χ4v) is 2.36. The number of nitrogens with zero attached hydrogens (tertiary/aromatic N) is 4.